The summed E-state index contributed by atoms with van der Waals surface area (Å²) in [5.74, 6) is -0.106. The minimum Gasteiger partial charge on any atom is -0.399 e. The van der Waals surface area contributed by atoms with Crippen LogP contribution >= 0.6 is 0 Å². The Balaban J connectivity index is 2.12. The third kappa shape index (κ3) is 4.44. The lowest BCUT2D eigenvalue weighted by atomic mass is 10.0. The summed E-state index contributed by atoms with van der Waals surface area (Å²) in [5.41, 5.74) is 7.81. The van der Waals surface area contributed by atoms with Crippen LogP contribution in [-0.2, 0) is 10.0 Å². The largest absolute Gasteiger partial charge is 0.399 e. The molecule has 1 unspecified atom stereocenters. The first-order chi connectivity index (χ1) is 9.74. The number of nitrogens with zero attached hydrogens (tertiary/aromatic N) is 1. The first-order valence-corrected chi connectivity index (χ1v) is 8.77. The van der Waals surface area contributed by atoms with E-state index in [-0.39, 0.29) is 11.9 Å². The number of nitrogens with one attached hydrogen (secondary N) is 1. The summed E-state index contributed by atoms with van der Waals surface area (Å²) in [5, 5.41) is 0. The van der Waals surface area contributed by atoms with Crippen molar-refractivity contribution < 1.29 is 13.2 Å². The number of sulfonamides is 1. The van der Waals surface area contributed by atoms with Gasteiger partial charge in [-0.15, -0.1) is 0 Å². The third-order valence-electron chi connectivity index (χ3n) is 3.44. The monoisotopic (exact) mass is 311 g/mol. The highest BCUT2D eigenvalue weighted by Gasteiger charge is 2.26. The van der Waals surface area contributed by atoms with E-state index in [0.717, 1.165) is 24.7 Å². The quantitative estimate of drug-likeness (QED) is 0.805. The lowest BCUT2D eigenvalue weighted by molar-refractivity contribution is 0.0703. The summed E-state index contributed by atoms with van der Waals surface area (Å²) in [6.07, 6.45) is 2.65. The minimum atomic E-state index is -3.26. The van der Waals surface area contributed by atoms with E-state index in [1.54, 1.807) is 23.1 Å². The summed E-state index contributed by atoms with van der Waals surface area (Å²) < 4.78 is 25.2. The van der Waals surface area contributed by atoms with Crippen LogP contribution in [0, 0.1) is 6.92 Å². The number of carbonyl (C=O) groups is 1. The van der Waals surface area contributed by atoms with Gasteiger partial charge < -0.3 is 10.6 Å². The number of aryl methyl sites for hydroxylation is 1. The second-order valence-corrected chi connectivity index (χ2v) is 7.39. The fraction of sp³-hybridized carbons (Fsp3) is 0.500. The van der Waals surface area contributed by atoms with Crippen LogP contribution in [0.3, 0.4) is 0 Å². The zero-order valence-electron chi connectivity index (χ0n) is 12.3. The normalized spacial score (nSPS) is 19.5. The smallest absolute Gasteiger partial charge is 0.253 e. The van der Waals surface area contributed by atoms with E-state index in [1.807, 2.05) is 6.92 Å². The Morgan fingerprint density at radius 3 is 2.71 bits per heavy atom. The molecule has 1 amide bonds. The van der Waals surface area contributed by atoms with E-state index in [4.69, 9.17) is 5.73 Å². The summed E-state index contributed by atoms with van der Waals surface area (Å²) >= 11 is 0. The first-order valence-electron chi connectivity index (χ1n) is 6.88. The van der Waals surface area contributed by atoms with Gasteiger partial charge in [-0.3, -0.25) is 4.79 Å². The van der Waals surface area contributed by atoms with Gasteiger partial charge in [0.15, 0.2) is 0 Å². The Kier molecular flexibility index (Phi) is 4.53. The van der Waals surface area contributed by atoms with Gasteiger partial charge >= 0.3 is 0 Å². The molecule has 21 heavy (non-hydrogen) atoms. The molecule has 1 aromatic carbocycles. The SMILES string of the molecule is Cc1cc(N)cc(C(=O)N2CCCC(NS(C)(=O)=O)C2)c1. The van der Waals surface area contributed by atoms with Crippen molar-refractivity contribution in [2.24, 2.45) is 0 Å². The maximum absolute atomic E-state index is 12.5. The van der Waals surface area contributed by atoms with Crippen LogP contribution in [-0.4, -0.2) is 44.6 Å². The number of rotatable bonds is 3. The number of hydrogen-bond acceptors (Lipinski definition) is 4. The average molecular weight is 311 g/mol. The maximum Gasteiger partial charge on any atom is 0.253 e. The molecule has 2 rings (SSSR count). The molecule has 0 aromatic heterocycles. The second-order valence-electron chi connectivity index (χ2n) is 5.61. The second kappa shape index (κ2) is 6.03. The van der Waals surface area contributed by atoms with Crippen LogP contribution in [0.15, 0.2) is 18.2 Å². The molecule has 3 N–H and O–H groups in total. The van der Waals surface area contributed by atoms with Crippen LogP contribution in [0.5, 0.6) is 0 Å². The van der Waals surface area contributed by atoms with Gasteiger partial charge in [-0.1, -0.05) is 0 Å². The van der Waals surface area contributed by atoms with Crippen molar-refractivity contribution in [3.8, 4) is 0 Å². The molecule has 0 radical (unpaired) electrons. The standard InChI is InChI=1S/C14H21N3O3S/c1-10-6-11(8-12(15)7-10)14(18)17-5-3-4-13(9-17)16-21(2,19)20/h6-8,13,16H,3-5,9,15H2,1-2H3. The van der Waals surface area contributed by atoms with E-state index in [2.05, 4.69) is 4.72 Å². The molecule has 1 heterocycles. The van der Waals surface area contributed by atoms with Gasteiger partial charge in [0.25, 0.3) is 5.91 Å². The molecule has 6 nitrogen and oxygen atoms in total. The Labute approximate surface area is 125 Å². The molecule has 0 bridgehead atoms. The van der Waals surface area contributed by atoms with Gasteiger partial charge in [-0.05, 0) is 43.5 Å². The molecule has 1 aliphatic rings. The number of carbonyl (C=O) groups excluding carboxylic acids is 1. The van der Waals surface area contributed by atoms with Crippen molar-refractivity contribution in [1.29, 1.82) is 0 Å². The highest BCUT2D eigenvalue weighted by Crippen LogP contribution is 2.17. The molecule has 1 fully saturated rings. The summed E-state index contributed by atoms with van der Waals surface area (Å²) in [4.78, 5) is 14.2. The van der Waals surface area contributed by atoms with E-state index in [0.29, 0.717) is 24.3 Å². The fourth-order valence-corrected chi connectivity index (χ4v) is 3.48. The van der Waals surface area contributed by atoms with Gasteiger partial charge in [0.05, 0.1) is 6.26 Å². The first kappa shape index (κ1) is 15.8. The van der Waals surface area contributed by atoms with Crippen LogP contribution in [0.2, 0.25) is 0 Å². The highest BCUT2D eigenvalue weighted by molar-refractivity contribution is 7.88. The van der Waals surface area contributed by atoms with E-state index >= 15 is 0 Å². The Morgan fingerprint density at radius 1 is 1.38 bits per heavy atom. The number of amides is 1. The van der Waals surface area contributed by atoms with Crippen molar-refractivity contribution in [3.05, 3.63) is 29.3 Å². The maximum atomic E-state index is 12.5. The lowest BCUT2D eigenvalue weighted by Crippen LogP contribution is -2.49. The van der Waals surface area contributed by atoms with Crippen molar-refractivity contribution in [2.45, 2.75) is 25.8 Å². The molecular weight excluding hydrogens is 290 g/mol. The van der Waals surface area contributed by atoms with Crippen LogP contribution < -0.4 is 10.5 Å². The fourth-order valence-electron chi connectivity index (χ4n) is 2.68. The van der Waals surface area contributed by atoms with Crippen molar-refractivity contribution in [3.63, 3.8) is 0 Å². The predicted molar refractivity (Wildman–Crippen MR) is 82.5 cm³/mol. The van der Waals surface area contributed by atoms with Crippen LogP contribution in [0.1, 0.15) is 28.8 Å². The van der Waals surface area contributed by atoms with Crippen LogP contribution in [0.25, 0.3) is 0 Å². The van der Waals surface area contributed by atoms with E-state index < -0.39 is 10.0 Å². The molecule has 1 atom stereocenters. The number of likely N-dealkylation sites (tertiary alicyclic amines) is 1. The van der Waals surface area contributed by atoms with E-state index in [9.17, 15) is 13.2 Å². The molecule has 0 saturated carbocycles. The third-order valence-corrected chi connectivity index (χ3v) is 4.20. The zero-order valence-corrected chi connectivity index (χ0v) is 13.1. The number of nitrogens with two attached hydrogens (primary N) is 1. The van der Waals surface area contributed by atoms with Crippen molar-refractivity contribution in [1.82, 2.24) is 9.62 Å². The Hall–Kier alpha value is -1.60. The molecule has 1 aliphatic heterocycles. The highest BCUT2D eigenvalue weighted by atomic mass is 32.2. The van der Waals surface area contributed by atoms with Crippen LogP contribution in [0.4, 0.5) is 5.69 Å². The molecule has 0 spiro atoms. The minimum absolute atomic E-state index is 0.106. The summed E-state index contributed by atoms with van der Waals surface area (Å²) in [6.45, 7) is 2.91. The average Bonchev–Trinajstić information content (AvgIpc) is 2.35. The number of benzene rings is 1. The summed E-state index contributed by atoms with van der Waals surface area (Å²) in [7, 11) is -3.26. The molecule has 116 valence electrons. The van der Waals surface area contributed by atoms with E-state index in [1.165, 1.54) is 0 Å². The summed E-state index contributed by atoms with van der Waals surface area (Å²) in [6, 6.07) is 5.04. The van der Waals surface area contributed by atoms with Gasteiger partial charge in [0.1, 0.15) is 0 Å². The van der Waals surface area contributed by atoms with Gasteiger partial charge in [-0.2, -0.15) is 0 Å². The Morgan fingerprint density at radius 2 is 2.10 bits per heavy atom. The number of nitrogen functional groups attached to an aromatic ring is 1. The number of anilines is 1. The molecule has 0 aliphatic carbocycles. The molecular formula is C14H21N3O3S. The van der Waals surface area contributed by atoms with Gasteiger partial charge in [0.2, 0.25) is 10.0 Å². The van der Waals surface area contributed by atoms with Gasteiger partial charge in [0, 0.05) is 30.4 Å². The number of hydrogen-bond donors (Lipinski definition) is 2. The molecule has 7 heteroatoms. The Bertz CT molecular complexity index is 623. The zero-order chi connectivity index (χ0) is 15.6. The molecule has 1 aromatic rings. The topological polar surface area (TPSA) is 92.5 Å². The number of piperidine rings is 1. The molecule has 1 saturated heterocycles. The van der Waals surface area contributed by atoms with Gasteiger partial charge in [-0.25, -0.2) is 13.1 Å². The van der Waals surface area contributed by atoms with Crippen molar-refractivity contribution >= 4 is 21.6 Å². The lowest BCUT2D eigenvalue weighted by Gasteiger charge is -2.33. The predicted octanol–water partition coefficient (Wildman–Crippen LogP) is 0.731. The van der Waals surface area contributed by atoms with Crippen molar-refractivity contribution in [2.75, 3.05) is 25.1 Å².